The minimum absolute atomic E-state index is 0.0110. The van der Waals surface area contributed by atoms with Gasteiger partial charge in [-0.2, -0.15) is 4.68 Å². The molecule has 0 saturated carbocycles. The van der Waals surface area contributed by atoms with Crippen molar-refractivity contribution in [2.24, 2.45) is 0 Å². The number of nitrogens with two attached hydrogens (primary N) is 1. The van der Waals surface area contributed by atoms with Crippen molar-refractivity contribution in [3.05, 3.63) is 11.4 Å². The summed E-state index contributed by atoms with van der Waals surface area (Å²) < 4.78 is 5.66. The predicted molar refractivity (Wildman–Crippen MR) is 58.0 cm³/mol. The highest BCUT2D eigenvalue weighted by atomic mass is 16.6. The van der Waals surface area contributed by atoms with Gasteiger partial charge in [-0.3, -0.25) is 0 Å². The molecule has 0 spiro atoms. The van der Waals surface area contributed by atoms with Crippen molar-refractivity contribution in [1.82, 2.24) is 30.2 Å². The Morgan fingerprint density at radius 1 is 1.50 bits per heavy atom. The number of carbonyl (C=O) groups is 1. The molecular weight excluding hydrogens is 242 g/mol. The predicted octanol–water partition coefficient (Wildman–Crippen LogP) is -1.01. The highest BCUT2D eigenvalue weighted by molar-refractivity contribution is 5.86. The number of carboxylic acid groups (broad SMARTS) is 1. The van der Waals surface area contributed by atoms with Gasteiger partial charge in [0.2, 0.25) is 11.6 Å². The first-order valence-corrected chi connectivity index (χ1v) is 4.91. The minimum Gasteiger partial charge on any atom is -0.476 e. The number of hydrogen-bond acceptors (Lipinski definition) is 8. The van der Waals surface area contributed by atoms with Crippen LogP contribution in [0.4, 0.5) is 5.82 Å². The fraction of sp³-hybridized carbons (Fsp3) is 0.375. The number of nitrogen functional groups attached to an aromatic ring is 1. The molecule has 3 N–H and O–H groups in total. The number of carboxylic acids is 1. The molecule has 2 aromatic heterocycles. The highest BCUT2D eigenvalue weighted by Gasteiger charge is 2.23. The largest absolute Gasteiger partial charge is 0.476 e. The van der Waals surface area contributed by atoms with Gasteiger partial charge in [0.25, 0.3) is 0 Å². The zero-order valence-electron chi connectivity index (χ0n) is 9.73. The average Bonchev–Trinajstić information content (AvgIpc) is 2.83. The van der Waals surface area contributed by atoms with E-state index in [1.807, 2.05) is 0 Å². The van der Waals surface area contributed by atoms with Gasteiger partial charge in [0.15, 0.2) is 5.69 Å². The van der Waals surface area contributed by atoms with Crippen LogP contribution in [0.1, 0.15) is 16.2 Å². The lowest BCUT2D eigenvalue weighted by Gasteiger charge is -2.10. The van der Waals surface area contributed by atoms with Gasteiger partial charge in [0.05, 0.1) is 5.69 Å². The van der Waals surface area contributed by atoms with Gasteiger partial charge in [0.1, 0.15) is 0 Å². The first-order valence-electron chi connectivity index (χ1n) is 4.91. The van der Waals surface area contributed by atoms with E-state index in [-0.39, 0.29) is 17.3 Å². The summed E-state index contributed by atoms with van der Waals surface area (Å²) in [7, 11) is 3.57. The van der Waals surface area contributed by atoms with E-state index >= 15 is 0 Å². The van der Waals surface area contributed by atoms with Crippen molar-refractivity contribution < 1.29 is 14.5 Å². The molecule has 10 heteroatoms. The topological polar surface area (TPSA) is 136 Å². The van der Waals surface area contributed by atoms with E-state index in [0.717, 1.165) is 0 Å². The molecule has 2 rings (SSSR count). The average molecular weight is 253 g/mol. The molecule has 0 fully saturated rings. The molecule has 0 aliphatic heterocycles. The zero-order valence-corrected chi connectivity index (χ0v) is 9.73. The van der Waals surface area contributed by atoms with Gasteiger partial charge in [0, 0.05) is 6.54 Å². The van der Waals surface area contributed by atoms with Crippen molar-refractivity contribution in [2.45, 2.75) is 6.54 Å². The summed E-state index contributed by atoms with van der Waals surface area (Å²) >= 11 is 0. The van der Waals surface area contributed by atoms with Gasteiger partial charge >= 0.3 is 5.97 Å². The number of hydrogen-bond donors (Lipinski definition) is 2. The summed E-state index contributed by atoms with van der Waals surface area (Å²) in [5.74, 6) is -1.04. The van der Waals surface area contributed by atoms with E-state index in [1.54, 1.807) is 19.0 Å². The Hall–Kier alpha value is -2.49. The molecule has 18 heavy (non-hydrogen) atoms. The molecule has 0 aliphatic carbocycles. The van der Waals surface area contributed by atoms with Crippen LogP contribution in [-0.4, -0.2) is 55.4 Å². The maximum absolute atomic E-state index is 11.0. The van der Waals surface area contributed by atoms with Crippen molar-refractivity contribution >= 4 is 11.8 Å². The number of aromatic carboxylic acids is 1. The van der Waals surface area contributed by atoms with Crippen LogP contribution < -0.4 is 5.73 Å². The van der Waals surface area contributed by atoms with E-state index in [4.69, 9.17) is 10.8 Å². The summed E-state index contributed by atoms with van der Waals surface area (Å²) in [5, 5.41) is 23.3. The van der Waals surface area contributed by atoms with Gasteiger partial charge in [-0.05, 0) is 24.4 Å². The summed E-state index contributed by atoms with van der Waals surface area (Å²) in [6, 6.07) is 0. The smallest absolute Gasteiger partial charge is 0.358 e. The Morgan fingerprint density at radius 2 is 2.22 bits per heavy atom. The van der Waals surface area contributed by atoms with Crippen LogP contribution >= 0.6 is 0 Å². The third kappa shape index (κ3) is 2.00. The van der Waals surface area contributed by atoms with Crippen molar-refractivity contribution in [3.8, 4) is 5.82 Å². The molecule has 0 radical (unpaired) electrons. The quantitative estimate of drug-likeness (QED) is 0.702. The highest BCUT2D eigenvalue weighted by Crippen LogP contribution is 2.16. The fourth-order valence-electron chi connectivity index (χ4n) is 1.42. The molecule has 96 valence electrons. The lowest BCUT2D eigenvalue weighted by Crippen LogP contribution is -2.18. The van der Waals surface area contributed by atoms with Crippen LogP contribution in [0.5, 0.6) is 0 Å². The van der Waals surface area contributed by atoms with E-state index in [0.29, 0.717) is 12.2 Å². The van der Waals surface area contributed by atoms with Gasteiger partial charge in [-0.25, -0.2) is 9.42 Å². The standard InChI is InChI=1S/C8H11N7O3/c1-14(2)3-4-5(8(16)17)10-13-15(4)7-6(9)11-18-12-7/h3H2,1-2H3,(H2,9,11)(H,16,17). The monoisotopic (exact) mass is 253 g/mol. The van der Waals surface area contributed by atoms with E-state index in [9.17, 15) is 4.79 Å². The lowest BCUT2D eigenvalue weighted by atomic mass is 10.3. The van der Waals surface area contributed by atoms with Crippen LogP contribution in [0.15, 0.2) is 4.63 Å². The second-order valence-electron chi connectivity index (χ2n) is 3.81. The molecule has 0 bridgehead atoms. The van der Waals surface area contributed by atoms with Gasteiger partial charge in [-0.1, -0.05) is 5.21 Å². The normalized spacial score (nSPS) is 11.1. The summed E-state index contributed by atoms with van der Waals surface area (Å²) in [5.41, 5.74) is 5.72. The van der Waals surface area contributed by atoms with Crippen molar-refractivity contribution in [2.75, 3.05) is 19.8 Å². The number of aromatic nitrogens is 5. The first-order chi connectivity index (χ1) is 8.50. The van der Waals surface area contributed by atoms with Gasteiger partial charge < -0.3 is 15.7 Å². The molecule has 0 aromatic carbocycles. The summed E-state index contributed by atoms with van der Waals surface area (Å²) in [6.07, 6.45) is 0. The molecule has 0 aliphatic rings. The van der Waals surface area contributed by atoms with Crippen LogP contribution in [0, 0.1) is 0 Å². The Kier molecular flexibility index (Phi) is 2.93. The first kappa shape index (κ1) is 12.0. The van der Waals surface area contributed by atoms with Gasteiger partial charge in [-0.15, -0.1) is 5.10 Å². The fourth-order valence-corrected chi connectivity index (χ4v) is 1.42. The summed E-state index contributed by atoms with van der Waals surface area (Å²) in [6.45, 7) is 0.306. The minimum atomic E-state index is -1.17. The van der Waals surface area contributed by atoms with E-state index in [1.165, 1.54) is 4.68 Å². The van der Waals surface area contributed by atoms with Crippen LogP contribution in [-0.2, 0) is 6.54 Å². The second-order valence-corrected chi connectivity index (χ2v) is 3.81. The lowest BCUT2D eigenvalue weighted by molar-refractivity contribution is 0.0688. The Morgan fingerprint density at radius 3 is 2.72 bits per heavy atom. The van der Waals surface area contributed by atoms with E-state index in [2.05, 4.69) is 25.3 Å². The Balaban J connectivity index is 2.54. The Labute approximate surface area is 101 Å². The maximum atomic E-state index is 11.0. The SMILES string of the molecule is CN(C)Cc1c(C(=O)O)nnn1-c1nonc1N. The van der Waals surface area contributed by atoms with Crippen LogP contribution in [0.2, 0.25) is 0 Å². The van der Waals surface area contributed by atoms with Crippen LogP contribution in [0.3, 0.4) is 0 Å². The van der Waals surface area contributed by atoms with Crippen LogP contribution in [0.25, 0.3) is 5.82 Å². The summed E-state index contributed by atoms with van der Waals surface area (Å²) in [4.78, 5) is 12.8. The molecule has 0 amide bonds. The number of rotatable bonds is 4. The number of anilines is 1. The molecular formula is C8H11N7O3. The second kappa shape index (κ2) is 4.41. The molecule has 0 atom stereocenters. The maximum Gasteiger partial charge on any atom is 0.358 e. The molecule has 0 saturated heterocycles. The molecule has 0 unspecified atom stereocenters. The van der Waals surface area contributed by atoms with E-state index < -0.39 is 5.97 Å². The third-order valence-corrected chi connectivity index (χ3v) is 2.13. The molecule has 10 nitrogen and oxygen atoms in total. The van der Waals surface area contributed by atoms with Crippen molar-refractivity contribution in [1.29, 1.82) is 0 Å². The molecule has 2 aromatic rings. The third-order valence-electron chi connectivity index (χ3n) is 2.13. The number of nitrogens with zero attached hydrogens (tertiary/aromatic N) is 6. The Bertz CT molecular complexity index is 573. The van der Waals surface area contributed by atoms with Crippen molar-refractivity contribution in [3.63, 3.8) is 0 Å². The molecule has 2 heterocycles. The zero-order chi connectivity index (χ0) is 13.3.